The Morgan fingerprint density at radius 3 is 2.46 bits per heavy atom. The van der Waals surface area contributed by atoms with Crippen molar-refractivity contribution in [3.63, 3.8) is 0 Å². The summed E-state index contributed by atoms with van der Waals surface area (Å²) in [4.78, 5) is 22.1. The molecule has 2 aromatic carbocycles. The van der Waals surface area contributed by atoms with Crippen molar-refractivity contribution in [2.75, 3.05) is 41.8 Å². The fraction of sp³-hybridized carbons (Fsp3) is 0.393. The monoisotopic (exact) mass is 602 g/mol. The zero-order valence-electron chi connectivity index (χ0n) is 23.7. The van der Waals surface area contributed by atoms with Gasteiger partial charge in [-0.15, -0.1) is 0 Å². The Labute approximate surface area is 245 Å². The largest absolute Gasteiger partial charge is 0.492 e. The number of carbonyl (C=O) groups is 1. The number of ether oxygens (including phenoxy) is 2. The molecular weight excluding hydrogens is 568 g/mol. The second kappa shape index (κ2) is 12.5. The highest BCUT2D eigenvalue weighted by molar-refractivity contribution is 7.92. The van der Waals surface area contributed by atoms with Gasteiger partial charge in [0.1, 0.15) is 5.75 Å². The molecule has 0 aliphatic carbocycles. The minimum Gasteiger partial charge on any atom is -0.492 e. The number of hydrogen-bond acceptors (Lipinski definition) is 9. The van der Waals surface area contributed by atoms with Gasteiger partial charge in [0.15, 0.2) is 5.75 Å². The van der Waals surface area contributed by atoms with Crippen molar-refractivity contribution < 1.29 is 22.7 Å². The number of aromatic nitrogens is 2. The van der Waals surface area contributed by atoms with Gasteiger partial charge < -0.3 is 25.4 Å². The van der Waals surface area contributed by atoms with Gasteiger partial charge >= 0.3 is 0 Å². The molecule has 13 heteroatoms. The normalized spacial score (nSPS) is 14.3. The van der Waals surface area contributed by atoms with Crippen molar-refractivity contribution in [2.45, 2.75) is 45.1 Å². The van der Waals surface area contributed by atoms with E-state index in [0.29, 0.717) is 16.7 Å². The summed E-state index contributed by atoms with van der Waals surface area (Å²) in [5.41, 5.74) is 1.22. The van der Waals surface area contributed by atoms with E-state index in [0.717, 1.165) is 37.8 Å². The molecule has 0 bridgehead atoms. The maximum absolute atomic E-state index is 13.4. The lowest BCUT2D eigenvalue weighted by molar-refractivity contribution is 0.102. The Balaban J connectivity index is 1.58. The van der Waals surface area contributed by atoms with E-state index in [-0.39, 0.29) is 40.1 Å². The van der Waals surface area contributed by atoms with Crippen LogP contribution in [0.2, 0.25) is 5.02 Å². The summed E-state index contributed by atoms with van der Waals surface area (Å²) in [5.74, 6) is 0.658. The van der Waals surface area contributed by atoms with Crippen LogP contribution < -0.4 is 30.1 Å². The van der Waals surface area contributed by atoms with E-state index in [2.05, 4.69) is 30.6 Å². The topological polar surface area (TPSA) is 144 Å². The predicted molar refractivity (Wildman–Crippen MR) is 161 cm³/mol. The van der Waals surface area contributed by atoms with Crippen molar-refractivity contribution in [1.29, 1.82) is 0 Å². The number of nitrogens with one attached hydrogen (secondary N) is 4. The summed E-state index contributed by atoms with van der Waals surface area (Å²) < 4.78 is 38.0. The highest BCUT2D eigenvalue weighted by atomic mass is 35.5. The average Bonchev–Trinajstić information content (AvgIpc) is 2.89. The molecule has 11 nitrogen and oxygen atoms in total. The predicted octanol–water partition coefficient (Wildman–Crippen LogP) is 5.02. The second-order valence-corrected chi connectivity index (χ2v) is 13.0. The van der Waals surface area contributed by atoms with E-state index in [1.165, 1.54) is 13.2 Å². The summed E-state index contributed by atoms with van der Waals surface area (Å²) in [6.45, 7) is 7.80. The summed E-state index contributed by atoms with van der Waals surface area (Å²) in [6.07, 6.45) is 4.57. The summed E-state index contributed by atoms with van der Waals surface area (Å²) in [6, 6.07) is 9.95. The van der Waals surface area contributed by atoms with Crippen LogP contribution in [0.1, 0.15) is 49.5 Å². The van der Waals surface area contributed by atoms with Crippen molar-refractivity contribution in [2.24, 2.45) is 0 Å². The molecule has 0 saturated carbocycles. The maximum Gasteiger partial charge on any atom is 0.255 e. The van der Waals surface area contributed by atoms with Gasteiger partial charge in [-0.2, -0.15) is 4.98 Å². The molecule has 1 aliphatic rings. The minimum atomic E-state index is -3.61. The highest BCUT2D eigenvalue weighted by Gasteiger charge is 2.23. The molecule has 1 amide bonds. The molecule has 3 aromatic rings. The van der Waals surface area contributed by atoms with Gasteiger partial charge in [0.05, 0.1) is 29.8 Å². The van der Waals surface area contributed by atoms with Gasteiger partial charge in [-0.25, -0.2) is 13.4 Å². The molecule has 41 heavy (non-hydrogen) atoms. The number of halogens is 1. The molecule has 1 aromatic heterocycles. The number of benzene rings is 2. The lowest BCUT2D eigenvalue weighted by Crippen LogP contribution is -2.35. The molecule has 2 heterocycles. The third kappa shape index (κ3) is 8.21. The first-order valence-corrected chi connectivity index (χ1v) is 15.4. The first-order chi connectivity index (χ1) is 19.3. The molecule has 0 unspecified atom stereocenters. The first-order valence-electron chi connectivity index (χ1n) is 13.1. The van der Waals surface area contributed by atoms with Crippen molar-refractivity contribution in [3.8, 4) is 17.4 Å². The van der Waals surface area contributed by atoms with E-state index < -0.39 is 15.9 Å². The zero-order chi connectivity index (χ0) is 29.8. The zero-order valence-corrected chi connectivity index (χ0v) is 25.2. The molecule has 0 spiro atoms. The third-order valence-corrected chi connectivity index (χ3v) is 7.32. The van der Waals surface area contributed by atoms with E-state index in [4.69, 9.17) is 21.1 Å². The van der Waals surface area contributed by atoms with Crippen LogP contribution >= 0.6 is 11.6 Å². The van der Waals surface area contributed by atoms with Crippen LogP contribution in [0.25, 0.3) is 0 Å². The first kappa shape index (κ1) is 30.4. The van der Waals surface area contributed by atoms with Crippen LogP contribution in [0, 0.1) is 0 Å². The highest BCUT2D eigenvalue weighted by Crippen LogP contribution is 2.39. The molecule has 0 radical (unpaired) electrons. The smallest absolute Gasteiger partial charge is 0.255 e. The van der Waals surface area contributed by atoms with Gasteiger partial charge in [0, 0.05) is 23.9 Å². The van der Waals surface area contributed by atoms with E-state index in [1.807, 2.05) is 20.8 Å². The number of sulfonamides is 1. The van der Waals surface area contributed by atoms with Gasteiger partial charge in [-0.1, -0.05) is 32.4 Å². The lowest BCUT2D eigenvalue weighted by Gasteiger charge is -2.24. The van der Waals surface area contributed by atoms with E-state index in [1.54, 1.807) is 36.5 Å². The Morgan fingerprint density at radius 1 is 1.10 bits per heavy atom. The standard InChI is InChI=1S/C28H35ClN6O5S/c1-28(2,3)18-15-21(25(39-4)22(16-18)35-41(5,37)38)33-26(36)17-6-7-20(29)23(14-17)40-24-10-13-31-27(34-24)32-19-8-11-30-12-9-19/h6-7,10,13-16,19,30,35H,8-9,11-12H2,1-5H3,(H,33,36)(H,31,32,34). The summed E-state index contributed by atoms with van der Waals surface area (Å²) >= 11 is 6.40. The van der Waals surface area contributed by atoms with Crippen molar-refractivity contribution in [1.82, 2.24) is 15.3 Å². The Bertz CT molecular complexity index is 1520. The molecule has 1 saturated heterocycles. The van der Waals surface area contributed by atoms with Crippen LogP contribution in [0.4, 0.5) is 17.3 Å². The molecule has 4 N–H and O–H groups in total. The van der Waals surface area contributed by atoms with Crippen LogP contribution in [-0.2, 0) is 15.4 Å². The van der Waals surface area contributed by atoms with Crippen LogP contribution in [0.5, 0.6) is 17.4 Å². The molecule has 0 atom stereocenters. The number of carbonyl (C=O) groups excluding carboxylic acids is 1. The van der Waals surface area contributed by atoms with Crippen molar-refractivity contribution in [3.05, 3.63) is 58.7 Å². The Hall–Kier alpha value is -3.61. The van der Waals surface area contributed by atoms with Gasteiger partial charge in [0.2, 0.25) is 21.9 Å². The van der Waals surface area contributed by atoms with E-state index >= 15 is 0 Å². The van der Waals surface area contributed by atoms with Crippen LogP contribution in [0.15, 0.2) is 42.6 Å². The van der Waals surface area contributed by atoms with Crippen LogP contribution in [0.3, 0.4) is 0 Å². The number of hydrogen-bond donors (Lipinski definition) is 4. The molecule has 220 valence electrons. The number of anilines is 3. The fourth-order valence-corrected chi connectivity index (χ4v) is 5.00. The quantitative estimate of drug-likeness (QED) is 0.265. The molecule has 1 fully saturated rings. The van der Waals surface area contributed by atoms with E-state index in [9.17, 15) is 13.2 Å². The third-order valence-electron chi connectivity index (χ3n) is 6.41. The minimum absolute atomic E-state index is 0.178. The summed E-state index contributed by atoms with van der Waals surface area (Å²) in [5, 5.41) is 9.78. The Morgan fingerprint density at radius 2 is 1.80 bits per heavy atom. The number of piperidine rings is 1. The summed E-state index contributed by atoms with van der Waals surface area (Å²) in [7, 11) is -2.21. The number of nitrogens with zero attached hydrogens (tertiary/aromatic N) is 2. The van der Waals surface area contributed by atoms with Gasteiger partial charge in [0.25, 0.3) is 5.91 Å². The second-order valence-electron chi connectivity index (χ2n) is 10.8. The van der Waals surface area contributed by atoms with Crippen LogP contribution in [-0.4, -0.2) is 56.8 Å². The fourth-order valence-electron chi connectivity index (χ4n) is 4.30. The maximum atomic E-state index is 13.4. The molecule has 1 aliphatic heterocycles. The SMILES string of the molecule is COc1c(NC(=O)c2ccc(Cl)c(Oc3ccnc(NC4CCNCC4)n3)c2)cc(C(C)(C)C)cc1NS(C)(=O)=O. The molecule has 4 rings (SSSR count). The lowest BCUT2D eigenvalue weighted by atomic mass is 9.86. The Kier molecular flexibility index (Phi) is 9.25. The van der Waals surface area contributed by atoms with Gasteiger partial charge in [-0.05, 0) is 67.2 Å². The number of amides is 1. The average molecular weight is 603 g/mol. The van der Waals surface area contributed by atoms with Gasteiger partial charge in [-0.3, -0.25) is 9.52 Å². The molecular formula is C28H35ClN6O5S. The van der Waals surface area contributed by atoms with Crippen molar-refractivity contribution >= 4 is 44.9 Å². The number of methoxy groups -OCH3 is 1. The number of rotatable bonds is 9.